The summed E-state index contributed by atoms with van der Waals surface area (Å²) in [5, 5.41) is 0. The van der Waals surface area contributed by atoms with Gasteiger partial charge >= 0.3 is 0 Å². The summed E-state index contributed by atoms with van der Waals surface area (Å²) >= 11 is 0. The van der Waals surface area contributed by atoms with Crippen molar-refractivity contribution >= 4 is 10.0 Å². The van der Waals surface area contributed by atoms with Crippen LogP contribution in [0.5, 0.6) is 0 Å². The van der Waals surface area contributed by atoms with E-state index in [9.17, 15) is 8.42 Å². The second kappa shape index (κ2) is 4.98. The van der Waals surface area contributed by atoms with Crippen LogP contribution in [0.3, 0.4) is 0 Å². The molecular weight excluding hydrogens is 266 g/mol. The average Bonchev–Trinajstić information content (AvgIpc) is 2.61. The van der Waals surface area contributed by atoms with Crippen molar-refractivity contribution in [2.45, 2.75) is 45.8 Å². The summed E-state index contributed by atoms with van der Waals surface area (Å²) in [6, 6.07) is 0. The molecule has 6 heteroatoms. The maximum atomic E-state index is 12.5. The normalized spacial score (nSPS) is 34.0. The molecule has 5 nitrogen and oxygen atoms in total. The molecule has 2 atom stereocenters. The van der Waals surface area contributed by atoms with Crippen molar-refractivity contribution in [2.24, 2.45) is 5.41 Å². The van der Waals surface area contributed by atoms with Crippen molar-refractivity contribution in [1.82, 2.24) is 4.31 Å². The average molecular weight is 291 g/mol. The van der Waals surface area contributed by atoms with Gasteiger partial charge in [-0.1, -0.05) is 20.8 Å². The molecule has 2 rings (SSSR count). The molecule has 2 heterocycles. The quantitative estimate of drug-likeness (QED) is 0.768. The SMILES string of the molecule is C[C@H]1CN(S(=O)(=O)CC(C)(C)C)C[C@]2(CCOC2)O1. The van der Waals surface area contributed by atoms with Crippen LogP contribution in [0.2, 0.25) is 0 Å². The summed E-state index contributed by atoms with van der Waals surface area (Å²) in [7, 11) is -3.24. The molecule has 1 spiro atoms. The fourth-order valence-corrected chi connectivity index (χ4v) is 4.98. The van der Waals surface area contributed by atoms with Gasteiger partial charge in [0.15, 0.2) is 0 Å². The van der Waals surface area contributed by atoms with Crippen LogP contribution in [0.15, 0.2) is 0 Å². The van der Waals surface area contributed by atoms with Gasteiger partial charge in [0.1, 0.15) is 5.60 Å². The molecule has 2 aliphatic heterocycles. The minimum absolute atomic E-state index is 0.0785. The second-order valence-electron chi connectivity index (χ2n) is 7.02. The highest BCUT2D eigenvalue weighted by Gasteiger charge is 2.46. The molecule has 0 radical (unpaired) electrons. The van der Waals surface area contributed by atoms with Gasteiger partial charge < -0.3 is 9.47 Å². The number of sulfonamides is 1. The standard InChI is InChI=1S/C13H25NO4S/c1-11-7-14(19(15,16)10-12(2,3)4)8-13(18-11)5-6-17-9-13/h11H,5-10H2,1-4H3/t11-,13-/m0/s1. The number of rotatable bonds is 2. The first-order valence-corrected chi connectivity index (χ1v) is 8.46. The molecule has 0 unspecified atom stereocenters. The highest BCUT2D eigenvalue weighted by atomic mass is 32.2. The number of hydrogen-bond donors (Lipinski definition) is 0. The van der Waals surface area contributed by atoms with Crippen molar-refractivity contribution in [2.75, 3.05) is 32.1 Å². The summed E-state index contributed by atoms with van der Waals surface area (Å²) < 4.78 is 38.0. The van der Waals surface area contributed by atoms with Crippen molar-refractivity contribution in [1.29, 1.82) is 0 Å². The van der Waals surface area contributed by atoms with E-state index in [2.05, 4.69) is 0 Å². The van der Waals surface area contributed by atoms with E-state index in [1.54, 1.807) is 4.31 Å². The number of morpholine rings is 1. The maximum absolute atomic E-state index is 12.5. The van der Waals surface area contributed by atoms with Crippen molar-refractivity contribution in [3.05, 3.63) is 0 Å². The van der Waals surface area contributed by atoms with Gasteiger partial charge in [0.25, 0.3) is 0 Å². The summed E-state index contributed by atoms with van der Waals surface area (Å²) in [6.45, 7) is 9.79. The zero-order valence-electron chi connectivity index (χ0n) is 12.3. The minimum atomic E-state index is -3.24. The Hall–Kier alpha value is -0.170. The Labute approximate surface area is 116 Å². The first kappa shape index (κ1) is 15.2. The molecule has 2 fully saturated rings. The van der Waals surface area contributed by atoms with E-state index in [4.69, 9.17) is 9.47 Å². The van der Waals surface area contributed by atoms with E-state index in [0.29, 0.717) is 26.3 Å². The van der Waals surface area contributed by atoms with E-state index in [1.165, 1.54) is 0 Å². The van der Waals surface area contributed by atoms with E-state index in [0.717, 1.165) is 6.42 Å². The molecule has 0 saturated carbocycles. The maximum Gasteiger partial charge on any atom is 0.214 e. The van der Waals surface area contributed by atoms with Crippen LogP contribution in [-0.4, -0.2) is 56.5 Å². The number of ether oxygens (including phenoxy) is 2. The molecule has 0 aromatic carbocycles. The Balaban J connectivity index is 2.15. The zero-order valence-corrected chi connectivity index (χ0v) is 13.1. The van der Waals surface area contributed by atoms with E-state index in [-0.39, 0.29) is 17.3 Å². The molecule has 0 aliphatic carbocycles. The number of nitrogens with zero attached hydrogens (tertiary/aromatic N) is 1. The summed E-state index contributed by atoms with van der Waals surface area (Å²) in [5.41, 5.74) is -0.664. The molecule has 0 bridgehead atoms. The lowest BCUT2D eigenvalue weighted by Crippen LogP contribution is -2.57. The van der Waals surface area contributed by atoms with Crippen LogP contribution >= 0.6 is 0 Å². The van der Waals surface area contributed by atoms with Gasteiger partial charge in [-0.15, -0.1) is 0 Å². The fourth-order valence-electron chi connectivity index (χ4n) is 2.83. The third-order valence-electron chi connectivity index (χ3n) is 3.45. The summed E-state index contributed by atoms with van der Waals surface area (Å²) in [5.74, 6) is 0.170. The molecule has 19 heavy (non-hydrogen) atoms. The second-order valence-corrected chi connectivity index (χ2v) is 8.99. The fraction of sp³-hybridized carbons (Fsp3) is 1.00. The molecule has 2 saturated heterocycles. The van der Waals surface area contributed by atoms with Crippen LogP contribution < -0.4 is 0 Å². The lowest BCUT2D eigenvalue weighted by Gasteiger charge is -2.42. The Bertz CT molecular complexity index is 420. The summed E-state index contributed by atoms with van der Waals surface area (Å²) in [4.78, 5) is 0. The van der Waals surface area contributed by atoms with Gasteiger partial charge in [-0.25, -0.2) is 8.42 Å². The van der Waals surface area contributed by atoms with Gasteiger partial charge in [0, 0.05) is 26.1 Å². The van der Waals surface area contributed by atoms with Gasteiger partial charge in [-0.3, -0.25) is 0 Å². The van der Waals surface area contributed by atoms with E-state index < -0.39 is 15.6 Å². The predicted molar refractivity (Wildman–Crippen MR) is 73.5 cm³/mol. The third kappa shape index (κ3) is 3.68. The molecule has 0 N–H and O–H groups in total. The zero-order chi connectivity index (χ0) is 14.3. The molecular formula is C13H25NO4S. The van der Waals surface area contributed by atoms with Crippen LogP contribution in [0.4, 0.5) is 0 Å². The first-order chi connectivity index (χ1) is 8.62. The van der Waals surface area contributed by atoms with Crippen molar-refractivity contribution in [3.63, 3.8) is 0 Å². The Morgan fingerprint density at radius 2 is 2.05 bits per heavy atom. The lowest BCUT2D eigenvalue weighted by atomic mass is 10.0. The first-order valence-electron chi connectivity index (χ1n) is 6.85. The minimum Gasteiger partial charge on any atom is -0.378 e. The highest BCUT2D eigenvalue weighted by molar-refractivity contribution is 7.89. The summed E-state index contributed by atoms with van der Waals surface area (Å²) in [6.07, 6.45) is 0.698. The van der Waals surface area contributed by atoms with Crippen LogP contribution in [0.25, 0.3) is 0 Å². The van der Waals surface area contributed by atoms with Gasteiger partial charge in [-0.2, -0.15) is 4.31 Å². The Morgan fingerprint density at radius 1 is 1.37 bits per heavy atom. The Morgan fingerprint density at radius 3 is 2.58 bits per heavy atom. The molecule has 0 aromatic heterocycles. The van der Waals surface area contributed by atoms with Crippen molar-refractivity contribution < 1.29 is 17.9 Å². The lowest BCUT2D eigenvalue weighted by molar-refractivity contribution is -0.130. The molecule has 0 amide bonds. The molecule has 112 valence electrons. The van der Waals surface area contributed by atoms with Crippen LogP contribution in [0, 0.1) is 5.41 Å². The van der Waals surface area contributed by atoms with E-state index in [1.807, 2.05) is 27.7 Å². The predicted octanol–water partition coefficient (Wildman–Crippen LogP) is 1.24. The van der Waals surface area contributed by atoms with Crippen LogP contribution in [-0.2, 0) is 19.5 Å². The van der Waals surface area contributed by atoms with Crippen LogP contribution in [0.1, 0.15) is 34.1 Å². The van der Waals surface area contributed by atoms with Gasteiger partial charge in [0.05, 0.1) is 18.5 Å². The molecule has 0 aromatic rings. The van der Waals surface area contributed by atoms with Gasteiger partial charge in [-0.05, 0) is 12.3 Å². The molecule has 2 aliphatic rings. The largest absolute Gasteiger partial charge is 0.378 e. The topological polar surface area (TPSA) is 55.8 Å². The smallest absolute Gasteiger partial charge is 0.214 e. The number of hydrogen-bond acceptors (Lipinski definition) is 4. The van der Waals surface area contributed by atoms with Crippen molar-refractivity contribution in [3.8, 4) is 0 Å². The monoisotopic (exact) mass is 291 g/mol. The Kier molecular flexibility index (Phi) is 3.99. The van der Waals surface area contributed by atoms with Gasteiger partial charge in [0.2, 0.25) is 10.0 Å². The highest BCUT2D eigenvalue weighted by Crippen LogP contribution is 2.32. The third-order valence-corrected chi connectivity index (χ3v) is 5.75. The van der Waals surface area contributed by atoms with E-state index >= 15 is 0 Å².